The van der Waals surface area contributed by atoms with E-state index in [1.165, 1.54) is 33.9 Å². The third kappa shape index (κ3) is 5.26. The third-order valence-corrected chi connectivity index (χ3v) is 6.92. The second-order valence-corrected chi connectivity index (χ2v) is 9.24. The van der Waals surface area contributed by atoms with Gasteiger partial charge in [-0.2, -0.15) is 0 Å². The molecule has 4 rings (SSSR count). The van der Waals surface area contributed by atoms with Crippen LogP contribution >= 0.6 is 23.1 Å². The van der Waals surface area contributed by atoms with Gasteiger partial charge in [0.2, 0.25) is 11.0 Å². The Balaban J connectivity index is 1.27. The van der Waals surface area contributed by atoms with Crippen molar-refractivity contribution in [3.05, 3.63) is 48.0 Å². The Morgan fingerprint density at radius 1 is 1.28 bits per heavy atom. The molecule has 6 nitrogen and oxygen atoms in total. The van der Waals surface area contributed by atoms with Crippen LogP contribution in [0.5, 0.6) is 0 Å². The molecule has 0 bridgehead atoms. The van der Waals surface area contributed by atoms with E-state index in [0.717, 1.165) is 41.0 Å². The molecule has 0 spiro atoms. The summed E-state index contributed by atoms with van der Waals surface area (Å²) in [7, 11) is 0. The summed E-state index contributed by atoms with van der Waals surface area (Å²) >= 11 is 2.88. The van der Waals surface area contributed by atoms with Crippen molar-refractivity contribution >= 4 is 44.9 Å². The maximum Gasteiger partial charge on any atom is 0.230 e. The first-order valence-electron chi connectivity index (χ1n) is 9.78. The number of fused-ring (bicyclic) bond motifs is 1. The summed E-state index contributed by atoms with van der Waals surface area (Å²) < 4.78 is 6.38. The van der Waals surface area contributed by atoms with E-state index in [2.05, 4.69) is 45.1 Å². The van der Waals surface area contributed by atoms with Gasteiger partial charge in [0.1, 0.15) is 0 Å². The highest BCUT2D eigenvalue weighted by Crippen LogP contribution is 2.27. The Morgan fingerprint density at radius 2 is 2.14 bits per heavy atom. The molecule has 2 N–H and O–H groups in total. The molecular formula is C21H24N4O2S2. The lowest BCUT2D eigenvalue weighted by atomic mass is 10.00. The van der Waals surface area contributed by atoms with Crippen molar-refractivity contribution in [2.45, 2.75) is 36.3 Å². The first-order valence-corrected chi connectivity index (χ1v) is 11.6. The van der Waals surface area contributed by atoms with Crippen molar-refractivity contribution in [3.63, 3.8) is 0 Å². The third-order valence-electron chi connectivity index (χ3n) is 4.91. The predicted molar refractivity (Wildman–Crippen MR) is 119 cm³/mol. The zero-order valence-electron chi connectivity index (χ0n) is 16.3. The van der Waals surface area contributed by atoms with Crippen LogP contribution in [0.25, 0.3) is 10.8 Å². The fourth-order valence-electron chi connectivity index (χ4n) is 3.46. The van der Waals surface area contributed by atoms with Crippen LogP contribution in [0, 0.1) is 0 Å². The van der Waals surface area contributed by atoms with E-state index in [9.17, 15) is 4.79 Å². The molecule has 8 heteroatoms. The van der Waals surface area contributed by atoms with E-state index in [1.807, 2.05) is 25.1 Å². The SMILES string of the molecule is C[C@@H](NC(=O)CSc1nnc(NC[C@H]2CCCO2)s1)c1cccc2ccccc12. The Hall–Kier alpha value is -2.16. The minimum absolute atomic E-state index is 0.0144. The van der Waals surface area contributed by atoms with Crippen LogP contribution in [0.4, 0.5) is 5.13 Å². The normalized spacial score (nSPS) is 17.3. The number of thioether (sulfide) groups is 1. The maximum atomic E-state index is 12.4. The number of aromatic nitrogens is 2. The first kappa shape index (κ1) is 20.1. The van der Waals surface area contributed by atoms with Gasteiger partial charge in [0.15, 0.2) is 4.34 Å². The van der Waals surface area contributed by atoms with Crippen LogP contribution < -0.4 is 10.6 Å². The maximum absolute atomic E-state index is 12.4. The van der Waals surface area contributed by atoms with Gasteiger partial charge in [-0.15, -0.1) is 10.2 Å². The number of carbonyl (C=O) groups is 1. The standard InChI is InChI=1S/C21H24N4O2S2/c1-14(17-10-4-7-15-6-2-3-9-18(15)17)23-19(26)13-28-21-25-24-20(29-21)22-12-16-8-5-11-27-16/h2-4,6-7,9-10,14,16H,5,8,11-13H2,1H3,(H,22,24)(H,23,26)/t14-,16-/m1/s1. The van der Waals surface area contributed by atoms with Crippen molar-refractivity contribution in [1.82, 2.24) is 15.5 Å². The quantitative estimate of drug-likeness (QED) is 0.523. The summed E-state index contributed by atoms with van der Waals surface area (Å²) in [6.07, 6.45) is 2.47. The molecule has 1 saturated heterocycles. The molecule has 3 aromatic rings. The van der Waals surface area contributed by atoms with Crippen molar-refractivity contribution in [1.29, 1.82) is 0 Å². The average molecular weight is 429 g/mol. The van der Waals surface area contributed by atoms with E-state index in [-0.39, 0.29) is 18.1 Å². The number of amides is 1. The molecule has 1 fully saturated rings. The molecule has 2 heterocycles. The lowest BCUT2D eigenvalue weighted by Gasteiger charge is -2.16. The summed E-state index contributed by atoms with van der Waals surface area (Å²) in [5.74, 6) is 0.301. The Bertz CT molecular complexity index is 967. The van der Waals surface area contributed by atoms with Gasteiger partial charge in [0.25, 0.3) is 0 Å². The van der Waals surface area contributed by atoms with E-state index in [1.54, 1.807) is 0 Å². The number of ether oxygens (including phenoxy) is 1. The van der Waals surface area contributed by atoms with Gasteiger partial charge in [-0.3, -0.25) is 4.79 Å². The number of hydrogen-bond acceptors (Lipinski definition) is 7. The Kier molecular flexibility index (Phi) is 6.63. The van der Waals surface area contributed by atoms with Crippen LogP contribution in [0.3, 0.4) is 0 Å². The van der Waals surface area contributed by atoms with E-state index in [4.69, 9.17) is 4.74 Å². The number of nitrogens with one attached hydrogen (secondary N) is 2. The van der Waals surface area contributed by atoms with Gasteiger partial charge in [0.05, 0.1) is 17.9 Å². The van der Waals surface area contributed by atoms with E-state index < -0.39 is 0 Å². The number of nitrogens with zero attached hydrogens (tertiary/aromatic N) is 2. The fourth-order valence-corrected chi connectivity index (χ4v) is 5.03. The largest absolute Gasteiger partial charge is 0.376 e. The van der Waals surface area contributed by atoms with Gasteiger partial charge < -0.3 is 15.4 Å². The zero-order chi connectivity index (χ0) is 20.1. The highest BCUT2D eigenvalue weighted by molar-refractivity contribution is 8.01. The first-order chi connectivity index (χ1) is 14.2. The molecule has 0 radical (unpaired) electrons. The second-order valence-electron chi connectivity index (χ2n) is 7.04. The topological polar surface area (TPSA) is 76.1 Å². The van der Waals surface area contributed by atoms with Gasteiger partial charge in [0, 0.05) is 13.2 Å². The van der Waals surface area contributed by atoms with Crippen molar-refractivity contribution < 1.29 is 9.53 Å². The number of hydrogen-bond donors (Lipinski definition) is 2. The molecule has 29 heavy (non-hydrogen) atoms. The molecule has 2 atom stereocenters. The highest BCUT2D eigenvalue weighted by atomic mass is 32.2. The van der Waals surface area contributed by atoms with E-state index in [0.29, 0.717) is 5.75 Å². The predicted octanol–water partition coefficient (Wildman–Crippen LogP) is 4.25. The smallest absolute Gasteiger partial charge is 0.230 e. The van der Waals surface area contributed by atoms with Gasteiger partial charge in [-0.25, -0.2) is 0 Å². The molecule has 152 valence electrons. The summed E-state index contributed by atoms with van der Waals surface area (Å²) in [4.78, 5) is 12.4. The van der Waals surface area contributed by atoms with Crippen LogP contribution in [-0.2, 0) is 9.53 Å². The Labute approximate surface area is 178 Å². The molecular weight excluding hydrogens is 404 g/mol. The van der Waals surface area contributed by atoms with Crippen molar-refractivity contribution in [2.24, 2.45) is 0 Å². The Morgan fingerprint density at radius 3 is 3.00 bits per heavy atom. The monoisotopic (exact) mass is 428 g/mol. The molecule has 1 aromatic heterocycles. The summed E-state index contributed by atoms with van der Waals surface area (Å²) in [6.45, 7) is 3.61. The lowest BCUT2D eigenvalue weighted by molar-refractivity contribution is -0.119. The molecule has 1 aliphatic heterocycles. The molecule has 0 unspecified atom stereocenters. The minimum Gasteiger partial charge on any atom is -0.376 e. The van der Waals surface area contributed by atoms with Crippen molar-refractivity contribution in [3.8, 4) is 0 Å². The molecule has 0 saturated carbocycles. The molecule has 0 aliphatic carbocycles. The molecule has 1 aliphatic rings. The zero-order valence-corrected chi connectivity index (χ0v) is 17.9. The van der Waals surface area contributed by atoms with Gasteiger partial charge in [-0.05, 0) is 36.1 Å². The van der Waals surface area contributed by atoms with Crippen LogP contribution in [-0.4, -0.2) is 41.1 Å². The lowest BCUT2D eigenvalue weighted by Crippen LogP contribution is -2.28. The second kappa shape index (κ2) is 9.56. The molecule has 1 amide bonds. The molecule has 2 aromatic carbocycles. The number of rotatable bonds is 8. The highest BCUT2D eigenvalue weighted by Gasteiger charge is 2.17. The summed E-state index contributed by atoms with van der Waals surface area (Å²) in [5.41, 5.74) is 1.12. The summed E-state index contributed by atoms with van der Waals surface area (Å²) in [5, 5.41) is 17.8. The number of anilines is 1. The van der Waals surface area contributed by atoms with Crippen LogP contribution in [0.15, 0.2) is 46.8 Å². The van der Waals surface area contributed by atoms with Gasteiger partial charge in [-0.1, -0.05) is 65.6 Å². The van der Waals surface area contributed by atoms with Crippen molar-refractivity contribution in [2.75, 3.05) is 24.2 Å². The number of benzene rings is 2. The van der Waals surface area contributed by atoms with E-state index >= 15 is 0 Å². The minimum atomic E-state index is -0.0627. The number of carbonyl (C=O) groups excluding carboxylic acids is 1. The van der Waals surface area contributed by atoms with Gasteiger partial charge >= 0.3 is 0 Å². The average Bonchev–Trinajstić information content (AvgIpc) is 3.42. The summed E-state index contributed by atoms with van der Waals surface area (Å²) in [6, 6.07) is 14.3. The van der Waals surface area contributed by atoms with Crippen LogP contribution in [0.2, 0.25) is 0 Å². The fraction of sp³-hybridized carbons (Fsp3) is 0.381. The van der Waals surface area contributed by atoms with Crippen LogP contribution in [0.1, 0.15) is 31.4 Å².